The molecule has 0 unspecified atom stereocenters. The summed E-state index contributed by atoms with van der Waals surface area (Å²) in [6.07, 6.45) is 6.21. The first kappa shape index (κ1) is 14.2. The molecule has 0 amide bonds. The lowest BCUT2D eigenvalue weighted by atomic mass is 10.1. The summed E-state index contributed by atoms with van der Waals surface area (Å²) >= 11 is 0. The maximum atomic E-state index is 12.3. The van der Waals surface area contributed by atoms with Crippen LogP contribution in [-0.2, 0) is 14.9 Å². The van der Waals surface area contributed by atoms with Crippen LogP contribution in [0.1, 0.15) is 45.4 Å². The molecule has 2 rings (SSSR count). The van der Waals surface area contributed by atoms with Gasteiger partial charge in [-0.25, -0.2) is 0 Å². The standard InChI is InChI=1S/C12H24N2O3S/c1-11(12-7-6-10-17-12)13-18(15,16)14-8-4-2-3-5-9-14/h11-13H,2-10H2,1H3/t11-,12+/m1/s1. The Kier molecular flexibility index (Phi) is 5.00. The van der Waals surface area contributed by atoms with E-state index in [0.29, 0.717) is 13.1 Å². The summed E-state index contributed by atoms with van der Waals surface area (Å²) < 4.78 is 34.4. The highest BCUT2D eigenvalue weighted by atomic mass is 32.2. The van der Waals surface area contributed by atoms with E-state index in [9.17, 15) is 8.42 Å². The van der Waals surface area contributed by atoms with Crippen LogP contribution in [0.3, 0.4) is 0 Å². The Morgan fingerprint density at radius 1 is 1.17 bits per heavy atom. The molecule has 1 N–H and O–H groups in total. The SMILES string of the molecule is C[C@@H](NS(=O)(=O)N1CCCCCC1)[C@@H]1CCCO1. The Morgan fingerprint density at radius 2 is 1.83 bits per heavy atom. The zero-order valence-corrected chi connectivity index (χ0v) is 11.9. The number of rotatable bonds is 4. The minimum Gasteiger partial charge on any atom is -0.377 e. The van der Waals surface area contributed by atoms with Crippen molar-refractivity contribution >= 4 is 10.2 Å². The first-order chi connectivity index (χ1) is 8.59. The molecule has 2 aliphatic rings. The highest BCUT2D eigenvalue weighted by molar-refractivity contribution is 7.87. The second kappa shape index (κ2) is 6.32. The van der Waals surface area contributed by atoms with Crippen LogP contribution in [0.5, 0.6) is 0 Å². The first-order valence-electron chi connectivity index (χ1n) is 6.98. The predicted octanol–water partition coefficient (Wildman–Crippen LogP) is 1.26. The van der Waals surface area contributed by atoms with E-state index in [1.54, 1.807) is 4.31 Å². The summed E-state index contributed by atoms with van der Waals surface area (Å²) in [6.45, 7) is 3.94. The summed E-state index contributed by atoms with van der Waals surface area (Å²) in [5.74, 6) is 0. The molecule has 0 saturated carbocycles. The first-order valence-corrected chi connectivity index (χ1v) is 8.42. The Labute approximate surface area is 110 Å². The molecule has 0 aromatic carbocycles. The molecule has 2 fully saturated rings. The van der Waals surface area contributed by atoms with Gasteiger partial charge in [0.1, 0.15) is 0 Å². The number of hydrogen-bond donors (Lipinski definition) is 1. The van der Waals surface area contributed by atoms with E-state index >= 15 is 0 Å². The summed E-state index contributed by atoms with van der Waals surface area (Å²) in [4.78, 5) is 0. The van der Waals surface area contributed by atoms with Crippen molar-refractivity contribution in [3.8, 4) is 0 Å². The third kappa shape index (κ3) is 3.66. The second-order valence-electron chi connectivity index (χ2n) is 5.28. The molecule has 2 atom stereocenters. The van der Waals surface area contributed by atoms with E-state index in [4.69, 9.17) is 4.74 Å². The van der Waals surface area contributed by atoms with Gasteiger partial charge in [0, 0.05) is 25.7 Å². The highest BCUT2D eigenvalue weighted by Crippen LogP contribution is 2.18. The summed E-state index contributed by atoms with van der Waals surface area (Å²) in [5, 5.41) is 0. The maximum Gasteiger partial charge on any atom is 0.279 e. The van der Waals surface area contributed by atoms with Crippen LogP contribution in [-0.4, -0.2) is 44.6 Å². The zero-order chi connectivity index (χ0) is 13.0. The minimum absolute atomic E-state index is 0.0340. The Balaban J connectivity index is 1.92. The fourth-order valence-corrected chi connectivity index (χ4v) is 4.17. The molecule has 0 aliphatic carbocycles. The lowest BCUT2D eigenvalue weighted by Crippen LogP contribution is -2.48. The highest BCUT2D eigenvalue weighted by Gasteiger charge is 2.29. The molecule has 0 bridgehead atoms. The topological polar surface area (TPSA) is 58.6 Å². The fourth-order valence-electron chi connectivity index (χ4n) is 2.66. The van der Waals surface area contributed by atoms with Gasteiger partial charge < -0.3 is 4.74 Å². The fraction of sp³-hybridized carbons (Fsp3) is 1.00. The van der Waals surface area contributed by atoms with Crippen LogP contribution in [0.15, 0.2) is 0 Å². The van der Waals surface area contributed by atoms with E-state index < -0.39 is 10.2 Å². The van der Waals surface area contributed by atoms with Crippen molar-refractivity contribution in [2.24, 2.45) is 0 Å². The van der Waals surface area contributed by atoms with Crippen molar-refractivity contribution in [3.05, 3.63) is 0 Å². The van der Waals surface area contributed by atoms with Gasteiger partial charge in [0.25, 0.3) is 10.2 Å². The van der Waals surface area contributed by atoms with Crippen LogP contribution in [0.2, 0.25) is 0 Å². The van der Waals surface area contributed by atoms with Crippen molar-refractivity contribution in [1.29, 1.82) is 0 Å². The molecular formula is C12H24N2O3S. The summed E-state index contributed by atoms with van der Waals surface area (Å²) in [7, 11) is -3.34. The van der Waals surface area contributed by atoms with Gasteiger partial charge in [0.2, 0.25) is 0 Å². The smallest absolute Gasteiger partial charge is 0.279 e. The molecule has 0 radical (unpaired) electrons. The van der Waals surface area contributed by atoms with Gasteiger partial charge >= 0.3 is 0 Å². The quantitative estimate of drug-likeness (QED) is 0.841. The molecule has 0 aromatic rings. The molecule has 2 saturated heterocycles. The van der Waals surface area contributed by atoms with Gasteiger partial charge in [-0.2, -0.15) is 17.4 Å². The van der Waals surface area contributed by atoms with Gasteiger partial charge in [0.05, 0.1) is 6.10 Å². The van der Waals surface area contributed by atoms with E-state index in [1.165, 1.54) is 0 Å². The zero-order valence-electron chi connectivity index (χ0n) is 11.1. The average Bonchev–Trinajstić information content (AvgIpc) is 2.70. The third-order valence-corrected chi connectivity index (χ3v) is 5.48. The number of hydrogen-bond acceptors (Lipinski definition) is 3. The number of nitrogens with one attached hydrogen (secondary N) is 1. The van der Waals surface area contributed by atoms with Gasteiger partial charge in [-0.15, -0.1) is 0 Å². The molecule has 0 aromatic heterocycles. The molecule has 106 valence electrons. The van der Waals surface area contributed by atoms with Crippen molar-refractivity contribution in [3.63, 3.8) is 0 Å². The van der Waals surface area contributed by atoms with Crippen molar-refractivity contribution < 1.29 is 13.2 Å². The Hall–Kier alpha value is -0.170. The lowest BCUT2D eigenvalue weighted by Gasteiger charge is -2.25. The summed E-state index contributed by atoms with van der Waals surface area (Å²) in [5.41, 5.74) is 0. The number of nitrogens with zero attached hydrogens (tertiary/aromatic N) is 1. The largest absolute Gasteiger partial charge is 0.377 e. The molecule has 6 heteroatoms. The van der Waals surface area contributed by atoms with Crippen LogP contribution in [0.4, 0.5) is 0 Å². The molecular weight excluding hydrogens is 252 g/mol. The molecule has 2 heterocycles. The van der Waals surface area contributed by atoms with Crippen LogP contribution >= 0.6 is 0 Å². The number of ether oxygens (including phenoxy) is 1. The average molecular weight is 276 g/mol. The van der Waals surface area contributed by atoms with Gasteiger partial charge in [-0.3, -0.25) is 0 Å². The van der Waals surface area contributed by atoms with Crippen LogP contribution in [0.25, 0.3) is 0 Å². The van der Waals surface area contributed by atoms with Gasteiger partial charge in [-0.1, -0.05) is 12.8 Å². The normalized spacial score (nSPS) is 29.1. The maximum absolute atomic E-state index is 12.3. The molecule has 5 nitrogen and oxygen atoms in total. The van der Waals surface area contributed by atoms with Crippen molar-refractivity contribution in [2.75, 3.05) is 19.7 Å². The second-order valence-corrected chi connectivity index (χ2v) is 6.98. The van der Waals surface area contributed by atoms with Crippen LogP contribution in [0, 0.1) is 0 Å². The predicted molar refractivity (Wildman–Crippen MR) is 70.5 cm³/mol. The minimum atomic E-state index is -3.34. The molecule has 0 spiro atoms. The van der Waals surface area contributed by atoms with Crippen molar-refractivity contribution in [2.45, 2.75) is 57.6 Å². The molecule has 18 heavy (non-hydrogen) atoms. The third-order valence-electron chi connectivity index (χ3n) is 3.76. The molecule has 2 aliphatic heterocycles. The van der Waals surface area contributed by atoms with Crippen molar-refractivity contribution in [1.82, 2.24) is 9.03 Å². The van der Waals surface area contributed by atoms with Gasteiger partial charge in [0.15, 0.2) is 0 Å². The van der Waals surface area contributed by atoms with E-state index in [1.807, 2.05) is 6.92 Å². The van der Waals surface area contributed by atoms with E-state index in [0.717, 1.165) is 45.1 Å². The summed E-state index contributed by atoms with van der Waals surface area (Å²) in [6, 6.07) is -0.138. The lowest BCUT2D eigenvalue weighted by molar-refractivity contribution is 0.0896. The monoisotopic (exact) mass is 276 g/mol. The van der Waals surface area contributed by atoms with E-state index in [-0.39, 0.29) is 12.1 Å². The van der Waals surface area contributed by atoms with Gasteiger partial charge in [-0.05, 0) is 32.6 Å². The Morgan fingerprint density at radius 3 is 2.39 bits per heavy atom. The Bertz CT molecular complexity index is 344. The van der Waals surface area contributed by atoms with E-state index in [2.05, 4.69) is 4.72 Å². The van der Waals surface area contributed by atoms with Crippen LogP contribution < -0.4 is 4.72 Å².